The fourth-order valence-corrected chi connectivity index (χ4v) is 3.62. The van der Waals surface area contributed by atoms with Gasteiger partial charge < -0.3 is 5.11 Å². The quantitative estimate of drug-likeness (QED) is 0.408. The molecular formula is C11H3Cl7O. The predicted octanol–water partition coefficient (Wildman–Crippen LogP) is 6.91. The highest BCUT2D eigenvalue weighted by molar-refractivity contribution is 6.59. The van der Waals surface area contributed by atoms with E-state index in [0.29, 0.717) is 10.8 Å². The second-order valence-corrected chi connectivity index (χ2v) is 6.23. The van der Waals surface area contributed by atoms with Gasteiger partial charge in [-0.1, -0.05) is 81.2 Å². The van der Waals surface area contributed by atoms with Crippen LogP contribution in [-0.4, -0.2) is 5.11 Å². The summed E-state index contributed by atoms with van der Waals surface area (Å²) in [6.45, 7) is -0.403. The highest BCUT2D eigenvalue weighted by atomic mass is 35.5. The molecule has 0 unspecified atom stereocenters. The van der Waals surface area contributed by atoms with Gasteiger partial charge in [0.1, 0.15) is 0 Å². The molecule has 2 rings (SSSR count). The van der Waals surface area contributed by atoms with Crippen molar-refractivity contribution >= 4 is 92.0 Å². The van der Waals surface area contributed by atoms with Gasteiger partial charge in [-0.25, -0.2) is 0 Å². The molecule has 0 saturated heterocycles. The van der Waals surface area contributed by atoms with Gasteiger partial charge in [0.25, 0.3) is 0 Å². The molecule has 0 aliphatic carbocycles. The lowest BCUT2D eigenvalue weighted by Gasteiger charge is -2.16. The highest BCUT2D eigenvalue weighted by Gasteiger charge is 2.24. The molecule has 0 atom stereocenters. The predicted molar refractivity (Wildman–Crippen MR) is 84.9 cm³/mol. The molecule has 1 N–H and O–H groups in total. The van der Waals surface area contributed by atoms with E-state index < -0.39 is 6.61 Å². The first-order chi connectivity index (χ1) is 8.82. The second kappa shape index (κ2) is 5.82. The van der Waals surface area contributed by atoms with Crippen LogP contribution >= 0.6 is 81.2 Å². The standard InChI is InChI=1S/C11H3Cl7O/c12-5-2(1-19)3-4(7(14)9(5)16)8(15)11(18)10(17)6(3)13/h19H,1H2. The van der Waals surface area contributed by atoms with Crippen LogP contribution in [0, 0.1) is 0 Å². The van der Waals surface area contributed by atoms with Crippen molar-refractivity contribution in [1.29, 1.82) is 0 Å². The summed E-state index contributed by atoms with van der Waals surface area (Å²) in [7, 11) is 0. The van der Waals surface area contributed by atoms with Crippen molar-refractivity contribution in [3.63, 3.8) is 0 Å². The van der Waals surface area contributed by atoms with E-state index in [4.69, 9.17) is 81.2 Å². The molecule has 19 heavy (non-hydrogen) atoms. The molecule has 2 aromatic rings. The maximum atomic E-state index is 9.44. The summed E-state index contributed by atoms with van der Waals surface area (Å²) in [6.07, 6.45) is 0. The van der Waals surface area contributed by atoms with Crippen LogP contribution in [0.15, 0.2) is 0 Å². The first-order valence-electron chi connectivity index (χ1n) is 4.74. The summed E-state index contributed by atoms with van der Waals surface area (Å²) >= 11 is 42.4. The van der Waals surface area contributed by atoms with E-state index in [2.05, 4.69) is 0 Å². The zero-order valence-electron chi connectivity index (χ0n) is 8.80. The number of benzene rings is 2. The van der Waals surface area contributed by atoms with Gasteiger partial charge in [-0.15, -0.1) is 0 Å². The fraction of sp³-hybridized carbons (Fsp3) is 0.0909. The molecular weight excluding hydrogens is 396 g/mol. The van der Waals surface area contributed by atoms with Crippen LogP contribution in [0.1, 0.15) is 5.56 Å². The molecule has 8 heteroatoms. The lowest BCUT2D eigenvalue weighted by Crippen LogP contribution is -1.94. The van der Waals surface area contributed by atoms with Crippen LogP contribution in [0.5, 0.6) is 0 Å². The summed E-state index contributed by atoms with van der Waals surface area (Å²) in [5.41, 5.74) is 0.288. The molecule has 0 heterocycles. The fourth-order valence-electron chi connectivity index (χ4n) is 1.72. The van der Waals surface area contributed by atoms with Crippen LogP contribution in [-0.2, 0) is 6.61 Å². The van der Waals surface area contributed by atoms with Gasteiger partial charge in [-0.2, -0.15) is 0 Å². The lowest BCUT2D eigenvalue weighted by molar-refractivity contribution is 0.283. The monoisotopic (exact) mass is 396 g/mol. The first kappa shape index (κ1) is 16.1. The van der Waals surface area contributed by atoms with Gasteiger partial charge in [0.15, 0.2) is 0 Å². The number of aliphatic hydroxyl groups is 1. The SMILES string of the molecule is OCc1c(Cl)c(Cl)c(Cl)c2c(Cl)c(Cl)c(Cl)c(Cl)c12. The van der Waals surface area contributed by atoms with Crippen LogP contribution in [0.25, 0.3) is 10.8 Å². The molecule has 1 nitrogen and oxygen atoms in total. The largest absolute Gasteiger partial charge is 0.392 e. The van der Waals surface area contributed by atoms with Gasteiger partial charge in [0.2, 0.25) is 0 Å². The summed E-state index contributed by atoms with van der Waals surface area (Å²) < 4.78 is 0. The van der Waals surface area contributed by atoms with Crippen molar-refractivity contribution in [1.82, 2.24) is 0 Å². The number of hydrogen-bond acceptors (Lipinski definition) is 1. The smallest absolute Gasteiger partial charge is 0.0800 e. The Morgan fingerprint density at radius 3 is 1.32 bits per heavy atom. The molecule has 0 aliphatic rings. The van der Waals surface area contributed by atoms with Crippen molar-refractivity contribution < 1.29 is 5.11 Å². The second-order valence-electron chi connectivity index (χ2n) is 3.58. The Morgan fingerprint density at radius 1 is 0.526 bits per heavy atom. The van der Waals surface area contributed by atoms with E-state index in [9.17, 15) is 5.11 Å². The zero-order valence-corrected chi connectivity index (χ0v) is 14.1. The third-order valence-corrected chi connectivity index (χ3v) is 5.77. The summed E-state index contributed by atoms with van der Waals surface area (Å²) in [6, 6.07) is 0. The third kappa shape index (κ3) is 2.39. The van der Waals surface area contributed by atoms with Crippen molar-refractivity contribution in [3.05, 3.63) is 40.7 Å². The van der Waals surface area contributed by atoms with Crippen molar-refractivity contribution in [2.75, 3.05) is 0 Å². The number of hydrogen-bond donors (Lipinski definition) is 1. The maximum absolute atomic E-state index is 9.44. The molecule has 0 aliphatic heterocycles. The summed E-state index contributed by atoms with van der Waals surface area (Å²) in [5, 5.41) is 10.7. The molecule has 0 aromatic heterocycles. The minimum absolute atomic E-state index is 0.0602. The first-order valence-corrected chi connectivity index (χ1v) is 7.39. The van der Waals surface area contributed by atoms with Gasteiger partial charge in [0, 0.05) is 16.3 Å². The van der Waals surface area contributed by atoms with Crippen molar-refractivity contribution in [3.8, 4) is 0 Å². The molecule has 0 spiro atoms. The minimum atomic E-state index is -0.403. The average Bonchev–Trinajstić information content (AvgIpc) is 2.40. The summed E-state index contributed by atoms with van der Waals surface area (Å²) in [4.78, 5) is 0. The third-order valence-electron chi connectivity index (χ3n) is 2.60. The van der Waals surface area contributed by atoms with Crippen LogP contribution in [0.2, 0.25) is 35.2 Å². The number of fused-ring (bicyclic) bond motifs is 1. The molecule has 2 aromatic carbocycles. The molecule has 0 saturated carbocycles. The maximum Gasteiger partial charge on any atom is 0.0800 e. The van der Waals surface area contributed by atoms with E-state index in [-0.39, 0.29) is 40.7 Å². The van der Waals surface area contributed by atoms with Gasteiger partial charge >= 0.3 is 0 Å². The Kier molecular flexibility index (Phi) is 4.93. The Morgan fingerprint density at radius 2 is 0.895 bits per heavy atom. The molecule has 0 fully saturated rings. The number of rotatable bonds is 1. The topological polar surface area (TPSA) is 20.2 Å². The van der Waals surface area contributed by atoms with Crippen molar-refractivity contribution in [2.45, 2.75) is 6.61 Å². The number of aliphatic hydroxyl groups excluding tert-OH is 1. The Balaban J connectivity index is 3.21. The average molecular weight is 399 g/mol. The molecule has 0 amide bonds. The number of halogens is 7. The van der Waals surface area contributed by atoms with E-state index in [0.717, 1.165) is 0 Å². The van der Waals surface area contributed by atoms with Gasteiger partial charge in [-0.05, 0) is 0 Å². The highest BCUT2D eigenvalue weighted by Crippen LogP contribution is 2.50. The Bertz CT molecular complexity index is 688. The Labute approximate surface area is 143 Å². The van der Waals surface area contributed by atoms with E-state index in [1.165, 1.54) is 0 Å². The molecule has 0 radical (unpaired) electrons. The zero-order chi connectivity index (χ0) is 14.5. The minimum Gasteiger partial charge on any atom is -0.392 e. The molecule has 0 bridgehead atoms. The van der Waals surface area contributed by atoms with E-state index in [1.807, 2.05) is 0 Å². The van der Waals surface area contributed by atoms with Gasteiger partial charge in [-0.3, -0.25) is 0 Å². The van der Waals surface area contributed by atoms with Crippen LogP contribution in [0.4, 0.5) is 0 Å². The van der Waals surface area contributed by atoms with Crippen LogP contribution in [0.3, 0.4) is 0 Å². The normalized spacial score (nSPS) is 11.4. The summed E-state index contributed by atoms with van der Waals surface area (Å²) in [5.74, 6) is 0. The van der Waals surface area contributed by atoms with E-state index in [1.54, 1.807) is 0 Å². The van der Waals surface area contributed by atoms with E-state index >= 15 is 0 Å². The molecule has 102 valence electrons. The lowest BCUT2D eigenvalue weighted by atomic mass is 10.0. The van der Waals surface area contributed by atoms with Gasteiger partial charge in [0.05, 0.1) is 41.8 Å². The van der Waals surface area contributed by atoms with Crippen LogP contribution < -0.4 is 0 Å². The van der Waals surface area contributed by atoms with Crippen molar-refractivity contribution in [2.24, 2.45) is 0 Å². The Hall–Kier alpha value is 0.690.